The lowest BCUT2D eigenvalue weighted by Crippen LogP contribution is -2.46. The highest BCUT2D eigenvalue weighted by Crippen LogP contribution is 2.61. The summed E-state index contributed by atoms with van der Waals surface area (Å²) in [7, 11) is -16.4. The highest BCUT2D eigenvalue weighted by atomic mass is 32.2. The summed E-state index contributed by atoms with van der Waals surface area (Å²) < 4.78 is 62.2. The molecule has 3 unspecified atom stereocenters. The van der Waals surface area contributed by atoms with Crippen LogP contribution in [-0.2, 0) is 50.7 Å². The minimum absolute atomic E-state index is 0.0323. The van der Waals surface area contributed by atoms with E-state index in [-0.39, 0.29) is 41.6 Å². The van der Waals surface area contributed by atoms with Crippen LogP contribution in [0.3, 0.4) is 0 Å². The Morgan fingerprint density at radius 2 is 1.72 bits per heavy atom. The number of aliphatic hydroxyl groups is 2. The number of nitrogen functional groups attached to an aromatic ring is 1. The first-order valence-electron chi connectivity index (χ1n) is 18.0. The molecule has 1 fully saturated rings. The third-order valence-corrected chi connectivity index (χ3v) is 12.7. The van der Waals surface area contributed by atoms with Crippen LogP contribution in [0.1, 0.15) is 72.4 Å². The zero-order valence-corrected chi connectivity index (χ0v) is 35.7. The number of nitrogens with one attached hydrogen (secondary N) is 2. The van der Waals surface area contributed by atoms with Gasteiger partial charge in [-0.3, -0.25) is 32.5 Å². The average molecular weight is 908 g/mol. The number of aromatic nitrogens is 4. The van der Waals surface area contributed by atoms with Crippen molar-refractivity contribution in [3.05, 3.63) is 12.7 Å². The van der Waals surface area contributed by atoms with E-state index in [1.165, 1.54) is 13.8 Å². The number of ether oxygens (including phenoxy) is 1. The number of fused-ring (bicyclic) bond motifs is 1. The minimum Gasteiger partial charge on any atom is -0.386 e. The smallest absolute Gasteiger partial charge is 0.386 e. The van der Waals surface area contributed by atoms with Crippen molar-refractivity contribution in [1.82, 2.24) is 30.2 Å². The fraction of sp³-hybridized carbons (Fsp3) is 0.733. The van der Waals surface area contributed by atoms with E-state index >= 15 is 0 Å². The standard InChI is InChI=1S/C30H52N7O17P3S/c1-5-6-7-18(2)8-9-21(39)58-13-12-32-20(38)10-11-33-28(42)25(41)30(3,4)15-51-57(48,49)54-56(46,47)50-14-19-24(53-55(43,44)45)23(40)29(52-19)37-17-36-22-26(31)34-16-35-27(22)37/h16-19,23-25,29,40-41H,5-15H2,1-4H3,(H,32,38)(H,33,42)(H,46,47)(H,48,49)(H2,31,34,35)(H2,43,44,45)/t18?,19-,23-,24-,25+,29-/m1/s1. The third-order valence-electron chi connectivity index (χ3n) is 8.66. The molecule has 0 saturated carbocycles. The molecule has 0 aliphatic carbocycles. The molecule has 0 spiro atoms. The van der Waals surface area contributed by atoms with Crippen LogP contribution in [0.2, 0.25) is 0 Å². The van der Waals surface area contributed by atoms with E-state index in [0.29, 0.717) is 18.1 Å². The van der Waals surface area contributed by atoms with Gasteiger partial charge in [0.2, 0.25) is 11.8 Å². The first-order chi connectivity index (χ1) is 26.9. The zero-order valence-electron chi connectivity index (χ0n) is 32.2. The molecule has 10 N–H and O–H groups in total. The number of hydrogen-bond acceptors (Lipinski definition) is 18. The lowest BCUT2D eigenvalue weighted by molar-refractivity contribution is -0.137. The summed E-state index contributed by atoms with van der Waals surface area (Å²) >= 11 is 1.14. The molecular weight excluding hydrogens is 855 g/mol. The molecule has 1 aliphatic rings. The van der Waals surface area contributed by atoms with Crippen LogP contribution in [0.15, 0.2) is 12.7 Å². The number of amides is 2. The van der Waals surface area contributed by atoms with Crippen LogP contribution < -0.4 is 16.4 Å². The Bertz CT molecular complexity index is 1850. The molecule has 28 heteroatoms. The van der Waals surface area contributed by atoms with E-state index in [9.17, 15) is 57.9 Å². The molecule has 3 heterocycles. The Morgan fingerprint density at radius 3 is 2.40 bits per heavy atom. The maximum atomic E-state index is 12.7. The summed E-state index contributed by atoms with van der Waals surface area (Å²) in [6.07, 6.45) is -2.29. The Labute approximate surface area is 337 Å². The van der Waals surface area contributed by atoms with Crippen LogP contribution in [-0.4, -0.2) is 123 Å². The monoisotopic (exact) mass is 907 g/mol. The molecule has 0 radical (unpaired) electrons. The Kier molecular flexibility index (Phi) is 18.8. The number of nitrogens with zero attached hydrogens (tertiary/aromatic N) is 4. The SMILES string of the molecule is CCCCC(C)CCC(=O)SCCNC(=O)CCNC(=O)[C@H](O)C(C)(C)COP(=O)(O)OP(=O)(O)OC[C@H]1O[C@@H](n2cnc3c(N)ncnc32)[C@H](O)[C@@H]1OP(=O)(O)O. The van der Waals surface area contributed by atoms with Crippen LogP contribution >= 0.6 is 35.2 Å². The van der Waals surface area contributed by atoms with Gasteiger partial charge in [0.05, 0.1) is 19.5 Å². The van der Waals surface area contributed by atoms with E-state index in [2.05, 4.69) is 48.3 Å². The molecular formula is C30H52N7O17P3S. The van der Waals surface area contributed by atoms with Crippen LogP contribution in [0.5, 0.6) is 0 Å². The number of carbonyl (C=O) groups is 3. The summed E-state index contributed by atoms with van der Waals surface area (Å²) in [5, 5.41) is 26.5. The molecule has 2 amide bonds. The normalized spacial score (nSPS) is 21.9. The molecule has 0 bridgehead atoms. The quantitative estimate of drug-likeness (QED) is 0.0500. The van der Waals surface area contributed by atoms with Crippen molar-refractivity contribution in [2.24, 2.45) is 11.3 Å². The van der Waals surface area contributed by atoms with Gasteiger partial charge in [-0.05, 0) is 12.3 Å². The van der Waals surface area contributed by atoms with Crippen LogP contribution in [0, 0.1) is 11.3 Å². The summed E-state index contributed by atoms with van der Waals surface area (Å²) in [5.74, 6) is -0.569. The number of rotatable bonds is 25. The molecule has 58 heavy (non-hydrogen) atoms. The highest BCUT2D eigenvalue weighted by molar-refractivity contribution is 8.13. The fourth-order valence-electron chi connectivity index (χ4n) is 5.43. The number of anilines is 1. The molecule has 3 rings (SSSR count). The number of imidazole rings is 1. The van der Waals surface area contributed by atoms with Gasteiger partial charge in [-0.15, -0.1) is 0 Å². The number of unbranched alkanes of at least 4 members (excludes halogenated alkanes) is 1. The predicted octanol–water partition coefficient (Wildman–Crippen LogP) is 1.27. The van der Waals surface area contributed by atoms with Crippen molar-refractivity contribution >= 4 is 69.1 Å². The number of hydrogen-bond donors (Lipinski definition) is 9. The second kappa shape index (κ2) is 21.9. The van der Waals surface area contributed by atoms with Crippen molar-refractivity contribution < 1.29 is 80.5 Å². The van der Waals surface area contributed by atoms with Gasteiger partial charge in [-0.1, -0.05) is 58.7 Å². The van der Waals surface area contributed by atoms with Gasteiger partial charge in [-0.2, -0.15) is 4.31 Å². The predicted molar refractivity (Wildman–Crippen MR) is 205 cm³/mol. The molecule has 24 nitrogen and oxygen atoms in total. The van der Waals surface area contributed by atoms with Gasteiger partial charge in [0, 0.05) is 37.1 Å². The molecule has 2 aromatic rings. The molecule has 1 aliphatic heterocycles. The molecule has 330 valence electrons. The molecule has 2 aromatic heterocycles. The van der Waals surface area contributed by atoms with E-state index in [0.717, 1.165) is 54.7 Å². The summed E-state index contributed by atoms with van der Waals surface area (Å²) in [4.78, 5) is 87.8. The highest BCUT2D eigenvalue weighted by Gasteiger charge is 2.50. The van der Waals surface area contributed by atoms with E-state index in [4.69, 9.17) is 19.5 Å². The number of thioether (sulfide) groups is 1. The maximum Gasteiger partial charge on any atom is 0.481 e. The Hall–Kier alpha value is -2.44. The van der Waals surface area contributed by atoms with Crippen molar-refractivity contribution in [3.8, 4) is 0 Å². The fourth-order valence-corrected chi connectivity index (χ4v) is 8.95. The molecule has 8 atom stereocenters. The van der Waals surface area contributed by atoms with Crippen molar-refractivity contribution in [2.75, 3.05) is 37.8 Å². The number of phosphoric acid groups is 3. The van der Waals surface area contributed by atoms with Gasteiger partial charge < -0.3 is 50.9 Å². The second-order valence-electron chi connectivity index (χ2n) is 14.1. The van der Waals surface area contributed by atoms with E-state index in [1.807, 2.05) is 0 Å². The first-order valence-corrected chi connectivity index (χ1v) is 23.5. The summed E-state index contributed by atoms with van der Waals surface area (Å²) in [5.41, 5.74) is 4.27. The van der Waals surface area contributed by atoms with Crippen molar-refractivity contribution in [2.45, 2.75) is 96.9 Å². The lowest BCUT2D eigenvalue weighted by atomic mass is 9.87. The van der Waals surface area contributed by atoms with Crippen molar-refractivity contribution in [1.29, 1.82) is 0 Å². The first kappa shape index (κ1) is 49.9. The van der Waals surface area contributed by atoms with Gasteiger partial charge in [0.25, 0.3) is 0 Å². The molecule has 0 aromatic carbocycles. The van der Waals surface area contributed by atoms with E-state index < -0.39 is 84.6 Å². The third kappa shape index (κ3) is 15.9. The number of nitrogens with two attached hydrogens (primary N) is 1. The van der Waals surface area contributed by atoms with Gasteiger partial charge in [-0.25, -0.2) is 28.6 Å². The van der Waals surface area contributed by atoms with E-state index in [1.54, 1.807) is 0 Å². The average Bonchev–Trinajstić information content (AvgIpc) is 3.69. The number of aliphatic hydroxyl groups excluding tert-OH is 2. The van der Waals surface area contributed by atoms with Gasteiger partial charge >= 0.3 is 23.5 Å². The van der Waals surface area contributed by atoms with Crippen LogP contribution in [0.25, 0.3) is 11.2 Å². The topological polar surface area (TPSA) is 364 Å². The second-order valence-corrected chi connectivity index (χ2v) is 19.5. The summed E-state index contributed by atoms with van der Waals surface area (Å²) in [6, 6.07) is 0. The lowest BCUT2D eigenvalue weighted by Gasteiger charge is -2.30. The number of carbonyl (C=O) groups excluding carboxylic acids is 3. The molecule has 1 saturated heterocycles. The van der Waals surface area contributed by atoms with Crippen LogP contribution in [0.4, 0.5) is 5.82 Å². The van der Waals surface area contributed by atoms with Crippen molar-refractivity contribution in [3.63, 3.8) is 0 Å². The zero-order chi connectivity index (χ0) is 43.5. The summed E-state index contributed by atoms with van der Waals surface area (Å²) in [6.45, 7) is 4.79. The maximum absolute atomic E-state index is 12.7. The van der Waals surface area contributed by atoms with Gasteiger partial charge in [0.15, 0.2) is 22.8 Å². The minimum atomic E-state index is -5.57. The number of phosphoric ester groups is 3. The van der Waals surface area contributed by atoms with Gasteiger partial charge in [0.1, 0.15) is 36.3 Å². The largest absolute Gasteiger partial charge is 0.481 e. The Balaban J connectivity index is 1.45. The Morgan fingerprint density at radius 1 is 1.03 bits per heavy atom.